The maximum absolute atomic E-state index is 6.03. The Hall–Kier alpha value is -1.73. The zero-order valence-electron chi connectivity index (χ0n) is 11.8. The molecule has 1 unspecified atom stereocenters. The number of rotatable bonds is 4. The summed E-state index contributed by atoms with van der Waals surface area (Å²) in [6.07, 6.45) is 7.41. The van der Waals surface area contributed by atoms with Gasteiger partial charge in [0.1, 0.15) is 6.33 Å². The second-order valence-corrected chi connectivity index (χ2v) is 5.18. The van der Waals surface area contributed by atoms with Gasteiger partial charge in [-0.15, -0.1) is 0 Å². The van der Waals surface area contributed by atoms with Gasteiger partial charge in [0.2, 0.25) is 17.2 Å². The average molecular weight is 309 g/mol. The summed E-state index contributed by atoms with van der Waals surface area (Å²) in [6.45, 7) is 4.40. The summed E-state index contributed by atoms with van der Waals surface area (Å²) < 4.78 is 7.42. The van der Waals surface area contributed by atoms with Crippen LogP contribution in [0.2, 0.25) is 5.28 Å². The van der Waals surface area contributed by atoms with Crippen LogP contribution < -0.4 is 4.90 Å². The molecule has 112 valence electrons. The van der Waals surface area contributed by atoms with Gasteiger partial charge in [-0.05, 0) is 31.4 Å². The van der Waals surface area contributed by atoms with E-state index in [1.54, 1.807) is 23.3 Å². The molecule has 0 radical (unpaired) electrons. The predicted molar refractivity (Wildman–Crippen MR) is 78.8 cm³/mol. The molecule has 0 aliphatic carbocycles. The quantitative estimate of drug-likeness (QED) is 0.856. The number of imidazole rings is 1. The Labute approximate surface area is 128 Å². The summed E-state index contributed by atoms with van der Waals surface area (Å²) in [5.41, 5.74) is 0. The Balaban J connectivity index is 1.84. The molecule has 3 heterocycles. The van der Waals surface area contributed by atoms with Crippen molar-refractivity contribution in [1.29, 1.82) is 0 Å². The van der Waals surface area contributed by atoms with Gasteiger partial charge in [0.25, 0.3) is 0 Å². The second kappa shape index (κ2) is 6.36. The van der Waals surface area contributed by atoms with Crippen molar-refractivity contribution < 1.29 is 4.74 Å². The molecule has 8 heteroatoms. The van der Waals surface area contributed by atoms with Gasteiger partial charge in [-0.3, -0.25) is 4.57 Å². The lowest BCUT2D eigenvalue weighted by Crippen LogP contribution is -2.40. The molecule has 2 aromatic rings. The lowest BCUT2D eigenvalue weighted by molar-refractivity contribution is 0.0523. The second-order valence-electron chi connectivity index (χ2n) is 4.84. The number of anilines is 1. The molecule has 1 aliphatic heterocycles. The fraction of sp³-hybridized carbons (Fsp3) is 0.538. The van der Waals surface area contributed by atoms with Crippen LogP contribution in [-0.4, -0.2) is 50.3 Å². The highest BCUT2D eigenvalue weighted by Crippen LogP contribution is 2.20. The van der Waals surface area contributed by atoms with E-state index in [-0.39, 0.29) is 11.4 Å². The summed E-state index contributed by atoms with van der Waals surface area (Å²) in [5.74, 6) is 1.06. The lowest BCUT2D eigenvalue weighted by atomic mass is 10.1. The highest BCUT2D eigenvalue weighted by Gasteiger charge is 2.23. The van der Waals surface area contributed by atoms with Crippen LogP contribution in [0.15, 0.2) is 18.7 Å². The van der Waals surface area contributed by atoms with E-state index < -0.39 is 0 Å². The molecule has 0 spiro atoms. The van der Waals surface area contributed by atoms with Gasteiger partial charge in [0, 0.05) is 32.1 Å². The minimum atomic E-state index is 0.183. The van der Waals surface area contributed by atoms with E-state index in [1.165, 1.54) is 0 Å². The van der Waals surface area contributed by atoms with Crippen LogP contribution >= 0.6 is 11.6 Å². The molecule has 0 bridgehead atoms. The summed E-state index contributed by atoms with van der Waals surface area (Å²) >= 11 is 6.03. The Morgan fingerprint density at radius 2 is 2.19 bits per heavy atom. The van der Waals surface area contributed by atoms with Gasteiger partial charge in [0.05, 0.1) is 6.10 Å². The number of halogens is 1. The van der Waals surface area contributed by atoms with Crippen LogP contribution in [0.25, 0.3) is 5.95 Å². The van der Waals surface area contributed by atoms with Crippen LogP contribution in [-0.2, 0) is 4.74 Å². The molecule has 3 rings (SSSR count). The van der Waals surface area contributed by atoms with Gasteiger partial charge < -0.3 is 9.64 Å². The summed E-state index contributed by atoms with van der Waals surface area (Å²) in [4.78, 5) is 18.9. The van der Waals surface area contributed by atoms with Crippen LogP contribution in [0, 0.1) is 0 Å². The molecular formula is C13H17ClN6O. The van der Waals surface area contributed by atoms with E-state index in [0.717, 1.165) is 32.5 Å². The number of hydrogen-bond donors (Lipinski definition) is 0. The Bertz CT molecular complexity index is 588. The molecule has 7 nitrogen and oxygen atoms in total. The zero-order chi connectivity index (χ0) is 14.7. The number of piperidine rings is 1. The van der Waals surface area contributed by atoms with E-state index in [1.807, 2.05) is 6.92 Å². The largest absolute Gasteiger partial charge is 0.377 e. The van der Waals surface area contributed by atoms with Crippen LogP contribution in [0.1, 0.15) is 19.8 Å². The van der Waals surface area contributed by atoms with E-state index in [0.29, 0.717) is 11.9 Å². The molecule has 1 saturated heterocycles. The van der Waals surface area contributed by atoms with E-state index in [2.05, 4.69) is 24.8 Å². The molecule has 0 saturated carbocycles. The van der Waals surface area contributed by atoms with Crippen molar-refractivity contribution in [3.63, 3.8) is 0 Å². The molecular weight excluding hydrogens is 292 g/mol. The zero-order valence-corrected chi connectivity index (χ0v) is 12.6. The van der Waals surface area contributed by atoms with Crippen LogP contribution in [0.4, 0.5) is 5.95 Å². The van der Waals surface area contributed by atoms with Crippen molar-refractivity contribution >= 4 is 17.5 Å². The van der Waals surface area contributed by atoms with E-state index >= 15 is 0 Å². The predicted octanol–water partition coefficient (Wildman–Crippen LogP) is 1.72. The topological polar surface area (TPSA) is 69.0 Å². The molecule has 1 atom stereocenters. The molecule has 0 amide bonds. The third kappa shape index (κ3) is 3.30. The average Bonchev–Trinajstić information content (AvgIpc) is 3.01. The SMILES string of the molecule is CCOC1CCCN(c2nc(Cl)nc(-n3ccnc3)n2)C1. The van der Waals surface area contributed by atoms with Gasteiger partial charge in [-0.25, -0.2) is 4.98 Å². The Morgan fingerprint density at radius 1 is 1.33 bits per heavy atom. The standard InChI is InChI=1S/C13H17ClN6O/c1-2-21-10-4-3-6-19(8-10)12-16-11(14)17-13(18-12)20-7-5-15-9-20/h5,7,9-10H,2-4,6,8H2,1H3. The van der Waals surface area contributed by atoms with Crippen molar-refractivity contribution in [3.05, 3.63) is 24.0 Å². The monoisotopic (exact) mass is 308 g/mol. The third-order valence-electron chi connectivity index (χ3n) is 3.38. The molecule has 1 fully saturated rings. The van der Waals surface area contributed by atoms with Crippen molar-refractivity contribution in [2.75, 3.05) is 24.6 Å². The number of hydrogen-bond acceptors (Lipinski definition) is 6. The van der Waals surface area contributed by atoms with Crippen molar-refractivity contribution in [2.45, 2.75) is 25.9 Å². The van der Waals surface area contributed by atoms with Crippen LogP contribution in [0.3, 0.4) is 0 Å². The first-order chi connectivity index (χ1) is 10.3. The van der Waals surface area contributed by atoms with Crippen LogP contribution in [0.5, 0.6) is 0 Å². The smallest absolute Gasteiger partial charge is 0.241 e. The fourth-order valence-electron chi connectivity index (χ4n) is 2.46. The lowest BCUT2D eigenvalue weighted by Gasteiger charge is -2.32. The maximum Gasteiger partial charge on any atom is 0.241 e. The molecule has 2 aromatic heterocycles. The summed E-state index contributed by atoms with van der Waals surface area (Å²) in [5, 5.41) is 0.183. The third-order valence-corrected chi connectivity index (χ3v) is 3.55. The number of nitrogens with zero attached hydrogens (tertiary/aromatic N) is 6. The van der Waals surface area contributed by atoms with Gasteiger partial charge >= 0.3 is 0 Å². The highest BCUT2D eigenvalue weighted by atomic mass is 35.5. The molecule has 0 N–H and O–H groups in total. The highest BCUT2D eigenvalue weighted by molar-refractivity contribution is 6.28. The fourth-order valence-corrected chi connectivity index (χ4v) is 2.61. The van der Waals surface area contributed by atoms with Crippen molar-refractivity contribution in [2.24, 2.45) is 0 Å². The first-order valence-electron chi connectivity index (χ1n) is 7.02. The van der Waals surface area contributed by atoms with Gasteiger partial charge in [0.15, 0.2) is 0 Å². The van der Waals surface area contributed by atoms with E-state index in [4.69, 9.17) is 16.3 Å². The molecule has 1 aliphatic rings. The molecule has 0 aromatic carbocycles. The minimum absolute atomic E-state index is 0.183. The maximum atomic E-state index is 6.03. The number of ether oxygens (including phenoxy) is 1. The minimum Gasteiger partial charge on any atom is -0.377 e. The van der Waals surface area contributed by atoms with Crippen molar-refractivity contribution in [3.8, 4) is 5.95 Å². The Kier molecular flexibility index (Phi) is 4.31. The summed E-state index contributed by atoms with van der Waals surface area (Å²) in [7, 11) is 0. The normalized spacial score (nSPS) is 19.0. The first-order valence-corrected chi connectivity index (χ1v) is 7.40. The van der Waals surface area contributed by atoms with Gasteiger partial charge in [-0.2, -0.15) is 15.0 Å². The van der Waals surface area contributed by atoms with Gasteiger partial charge in [-0.1, -0.05) is 0 Å². The Morgan fingerprint density at radius 3 is 2.95 bits per heavy atom. The summed E-state index contributed by atoms with van der Waals surface area (Å²) in [6, 6.07) is 0. The van der Waals surface area contributed by atoms with Crippen molar-refractivity contribution in [1.82, 2.24) is 24.5 Å². The number of aromatic nitrogens is 5. The van der Waals surface area contributed by atoms with E-state index in [9.17, 15) is 0 Å². The molecule has 21 heavy (non-hydrogen) atoms. The first kappa shape index (κ1) is 14.2.